The van der Waals surface area contributed by atoms with Gasteiger partial charge in [-0.15, -0.1) is 0 Å². The van der Waals surface area contributed by atoms with E-state index in [0.29, 0.717) is 6.42 Å². The van der Waals surface area contributed by atoms with Crippen molar-refractivity contribution in [1.82, 2.24) is 4.98 Å². The van der Waals surface area contributed by atoms with Crippen molar-refractivity contribution in [2.45, 2.75) is 19.3 Å². The lowest BCUT2D eigenvalue weighted by Crippen LogP contribution is -1.95. The molecule has 88 valence electrons. The maximum Gasteiger partial charge on any atom is 0.266 e. The van der Waals surface area contributed by atoms with E-state index in [-0.39, 0.29) is 5.92 Å². The minimum Gasteiger partial charge on any atom is -0.264 e. The zero-order valence-corrected chi connectivity index (χ0v) is 9.53. The van der Waals surface area contributed by atoms with Gasteiger partial charge in [0.2, 0.25) is 0 Å². The van der Waals surface area contributed by atoms with Gasteiger partial charge >= 0.3 is 0 Å². The molecule has 2 rings (SSSR count). The molecule has 0 saturated carbocycles. The van der Waals surface area contributed by atoms with Crippen LogP contribution in [0.2, 0.25) is 0 Å². The summed E-state index contributed by atoms with van der Waals surface area (Å²) < 4.78 is 24.8. The second-order valence-corrected chi connectivity index (χ2v) is 3.92. The largest absolute Gasteiger partial charge is 0.266 e. The number of rotatable bonds is 3. The summed E-state index contributed by atoms with van der Waals surface area (Å²) in [6.07, 6.45) is 3.47. The first-order chi connectivity index (χ1) is 8.22. The van der Waals surface area contributed by atoms with Gasteiger partial charge in [-0.3, -0.25) is 4.98 Å². The van der Waals surface area contributed by atoms with E-state index in [1.807, 2.05) is 31.2 Å². The van der Waals surface area contributed by atoms with Crippen molar-refractivity contribution >= 4 is 10.8 Å². The molecule has 0 fully saturated rings. The summed E-state index contributed by atoms with van der Waals surface area (Å²) >= 11 is 0. The van der Waals surface area contributed by atoms with Crippen LogP contribution in [0.3, 0.4) is 0 Å². The molecule has 0 aliphatic rings. The summed E-state index contributed by atoms with van der Waals surface area (Å²) in [5, 5.41) is 1.97. The lowest BCUT2D eigenvalue weighted by atomic mass is 9.92. The van der Waals surface area contributed by atoms with E-state index in [1.165, 1.54) is 0 Å². The highest BCUT2D eigenvalue weighted by atomic mass is 19.3. The summed E-state index contributed by atoms with van der Waals surface area (Å²) in [6.45, 7) is 1.90. The second kappa shape index (κ2) is 5.04. The van der Waals surface area contributed by atoms with Crippen molar-refractivity contribution in [3.63, 3.8) is 0 Å². The van der Waals surface area contributed by atoms with Gasteiger partial charge in [0.15, 0.2) is 0 Å². The molecule has 0 amide bonds. The fourth-order valence-electron chi connectivity index (χ4n) is 2.04. The molecule has 3 heteroatoms. The molecule has 0 radical (unpaired) electrons. The molecule has 0 saturated heterocycles. The third-order valence-electron chi connectivity index (χ3n) is 2.88. The highest BCUT2D eigenvalue weighted by Crippen LogP contribution is 2.29. The zero-order chi connectivity index (χ0) is 12.3. The van der Waals surface area contributed by atoms with Gasteiger partial charge < -0.3 is 0 Å². The molecule has 2 aromatic rings. The molecule has 1 aromatic carbocycles. The van der Waals surface area contributed by atoms with E-state index in [0.717, 1.165) is 22.4 Å². The molecule has 0 spiro atoms. The van der Waals surface area contributed by atoms with Gasteiger partial charge in [0.1, 0.15) is 0 Å². The molecule has 17 heavy (non-hydrogen) atoms. The van der Waals surface area contributed by atoms with Crippen LogP contribution in [0.4, 0.5) is 8.78 Å². The highest BCUT2D eigenvalue weighted by molar-refractivity contribution is 5.85. The molecule has 1 nitrogen and oxygen atoms in total. The van der Waals surface area contributed by atoms with Crippen molar-refractivity contribution in [3.8, 4) is 0 Å². The van der Waals surface area contributed by atoms with E-state index in [2.05, 4.69) is 4.98 Å². The molecule has 1 aromatic heterocycles. The Morgan fingerprint density at radius 2 is 2.18 bits per heavy atom. The Hall–Kier alpha value is -1.77. The van der Waals surface area contributed by atoms with Crippen molar-refractivity contribution in [2.75, 3.05) is 0 Å². The summed E-state index contributed by atoms with van der Waals surface area (Å²) in [5.74, 6) is -0.257. The van der Waals surface area contributed by atoms with Crippen molar-refractivity contribution in [3.05, 3.63) is 54.4 Å². The average molecular weight is 233 g/mol. The minimum absolute atomic E-state index is 0.257. The molecule has 1 heterocycles. The predicted molar refractivity (Wildman–Crippen MR) is 65.1 cm³/mol. The van der Waals surface area contributed by atoms with Crippen LogP contribution in [0.1, 0.15) is 24.8 Å². The molecular weight excluding hydrogens is 220 g/mol. The highest BCUT2D eigenvalue weighted by Gasteiger charge is 2.11. The summed E-state index contributed by atoms with van der Waals surface area (Å²) in [5.41, 5.74) is 0.908. The Labute approximate surface area is 98.8 Å². The van der Waals surface area contributed by atoms with Crippen molar-refractivity contribution in [1.29, 1.82) is 0 Å². The normalized spacial score (nSPS) is 12.4. The number of benzene rings is 1. The topological polar surface area (TPSA) is 12.9 Å². The minimum atomic E-state index is -1.63. The zero-order valence-electron chi connectivity index (χ0n) is 9.53. The second-order valence-electron chi connectivity index (χ2n) is 3.92. The van der Waals surface area contributed by atoms with Gasteiger partial charge in [0, 0.05) is 23.7 Å². The number of pyridine rings is 1. The summed E-state index contributed by atoms with van der Waals surface area (Å²) in [7, 11) is 0. The van der Waals surface area contributed by atoms with Gasteiger partial charge in [-0.2, -0.15) is 8.78 Å². The predicted octanol–water partition coefficient (Wildman–Crippen LogP) is 4.51. The number of hydrogen-bond acceptors (Lipinski definition) is 1. The van der Waals surface area contributed by atoms with Crippen LogP contribution in [-0.2, 0) is 0 Å². The smallest absolute Gasteiger partial charge is 0.264 e. The van der Waals surface area contributed by atoms with Crippen LogP contribution in [0.5, 0.6) is 0 Å². The summed E-state index contributed by atoms with van der Waals surface area (Å²) in [6, 6.07) is 7.63. The molecule has 0 aliphatic heterocycles. The number of aromatic nitrogens is 1. The van der Waals surface area contributed by atoms with Gasteiger partial charge in [0.25, 0.3) is 6.08 Å². The lowest BCUT2D eigenvalue weighted by Gasteiger charge is -2.12. The van der Waals surface area contributed by atoms with Crippen molar-refractivity contribution in [2.24, 2.45) is 0 Å². The van der Waals surface area contributed by atoms with Crippen LogP contribution in [0.25, 0.3) is 10.8 Å². The third-order valence-corrected chi connectivity index (χ3v) is 2.88. The van der Waals surface area contributed by atoms with E-state index < -0.39 is 6.08 Å². The van der Waals surface area contributed by atoms with E-state index in [9.17, 15) is 8.78 Å². The average Bonchev–Trinajstić information content (AvgIpc) is 2.35. The third kappa shape index (κ3) is 2.49. The number of hydrogen-bond donors (Lipinski definition) is 0. The lowest BCUT2D eigenvalue weighted by molar-refractivity contribution is 0.414. The van der Waals surface area contributed by atoms with Gasteiger partial charge in [0.05, 0.1) is 0 Å². The maximum absolute atomic E-state index is 12.4. The van der Waals surface area contributed by atoms with E-state index >= 15 is 0 Å². The number of nitrogens with zero attached hydrogens (tertiary/aromatic N) is 1. The SMILES string of the molecule is CC[C@H](C=C(F)F)c1cccc2ccncc12. The molecule has 0 unspecified atom stereocenters. The molecule has 0 aliphatic carbocycles. The van der Waals surface area contributed by atoms with Crippen LogP contribution in [0, 0.1) is 0 Å². The fourth-order valence-corrected chi connectivity index (χ4v) is 2.04. The molecule has 0 bridgehead atoms. The van der Waals surface area contributed by atoms with Crippen LogP contribution in [-0.4, -0.2) is 4.98 Å². The first-order valence-corrected chi connectivity index (χ1v) is 5.58. The number of fused-ring (bicyclic) bond motifs is 1. The molecular formula is C14H13F2N. The summed E-state index contributed by atoms with van der Waals surface area (Å²) in [4.78, 5) is 4.06. The first kappa shape index (κ1) is 11.7. The molecule has 0 N–H and O–H groups in total. The van der Waals surface area contributed by atoms with Crippen LogP contribution in [0.15, 0.2) is 48.8 Å². The quantitative estimate of drug-likeness (QED) is 0.760. The first-order valence-electron chi connectivity index (χ1n) is 5.58. The van der Waals surface area contributed by atoms with E-state index in [1.54, 1.807) is 12.4 Å². The molecule has 1 atom stereocenters. The number of allylic oxidation sites excluding steroid dienone is 1. The Morgan fingerprint density at radius 1 is 1.35 bits per heavy atom. The van der Waals surface area contributed by atoms with Crippen LogP contribution < -0.4 is 0 Å². The Kier molecular flexibility index (Phi) is 3.47. The Balaban J connectivity index is 2.57. The standard InChI is InChI=1S/C14H13F2N/c1-2-10(8-14(15)16)12-5-3-4-11-6-7-17-9-13(11)12/h3-10H,2H2,1H3/t10-/m1/s1. The van der Waals surface area contributed by atoms with Gasteiger partial charge in [-0.25, -0.2) is 0 Å². The van der Waals surface area contributed by atoms with Gasteiger partial charge in [-0.1, -0.05) is 25.1 Å². The Morgan fingerprint density at radius 3 is 2.88 bits per heavy atom. The Bertz CT molecular complexity index is 539. The van der Waals surface area contributed by atoms with Gasteiger partial charge in [-0.05, 0) is 29.5 Å². The van der Waals surface area contributed by atoms with Crippen LogP contribution >= 0.6 is 0 Å². The fraction of sp³-hybridized carbons (Fsp3) is 0.214. The van der Waals surface area contributed by atoms with E-state index in [4.69, 9.17) is 0 Å². The maximum atomic E-state index is 12.4. The van der Waals surface area contributed by atoms with Crippen molar-refractivity contribution < 1.29 is 8.78 Å². The number of halogens is 2. The monoisotopic (exact) mass is 233 g/mol.